The Morgan fingerprint density at radius 3 is 2.50 bits per heavy atom. The number of aliphatic hydroxyl groups is 1. The Morgan fingerprint density at radius 2 is 1.82 bits per heavy atom. The fourth-order valence-corrected chi connectivity index (χ4v) is 4.22. The van der Waals surface area contributed by atoms with Gasteiger partial charge in [0.05, 0.1) is 24.8 Å². The number of amides is 1. The van der Waals surface area contributed by atoms with Crippen molar-refractivity contribution in [1.29, 1.82) is 0 Å². The van der Waals surface area contributed by atoms with Crippen molar-refractivity contribution in [2.75, 3.05) is 46.0 Å². The van der Waals surface area contributed by atoms with Gasteiger partial charge in [0, 0.05) is 37.3 Å². The molecule has 0 aromatic heterocycles. The first-order valence-corrected chi connectivity index (χ1v) is 11.2. The Morgan fingerprint density at radius 1 is 1.12 bits per heavy atom. The number of carbonyl (C=O) groups excluding carboxylic acids is 2. The van der Waals surface area contributed by atoms with E-state index in [4.69, 9.17) is 9.47 Å². The molecule has 1 amide bonds. The van der Waals surface area contributed by atoms with E-state index >= 15 is 0 Å². The number of ketones is 1. The number of rotatable bonds is 8. The Bertz CT molecular complexity index is 1090. The molecule has 8 heteroatoms. The number of aliphatic hydroxyl groups excluding tert-OH is 1. The first-order chi connectivity index (χ1) is 16.5. The zero-order valence-corrected chi connectivity index (χ0v) is 18.8. The second-order valence-corrected chi connectivity index (χ2v) is 8.09. The third-order valence-corrected chi connectivity index (χ3v) is 6.00. The molecule has 7 nitrogen and oxygen atoms in total. The van der Waals surface area contributed by atoms with Gasteiger partial charge < -0.3 is 19.5 Å². The van der Waals surface area contributed by atoms with E-state index in [-0.39, 0.29) is 23.4 Å². The van der Waals surface area contributed by atoms with Crippen LogP contribution in [-0.2, 0) is 14.3 Å². The number of Topliss-reactive ketones (excluding diaryl/α,β-unsaturated/α-hetero) is 1. The summed E-state index contributed by atoms with van der Waals surface area (Å²) in [5.74, 6) is -1.93. The minimum absolute atomic E-state index is 0.128. The maximum atomic E-state index is 14.9. The number of halogens is 1. The number of ether oxygens (including phenoxy) is 2. The summed E-state index contributed by atoms with van der Waals surface area (Å²) in [5, 5.41) is 11.1. The van der Waals surface area contributed by atoms with Crippen LogP contribution in [0, 0.1) is 5.82 Å². The molecule has 2 saturated heterocycles. The summed E-state index contributed by atoms with van der Waals surface area (Å²) in [6, 6.07) is 11.4. The Labute approximate surface area is 197 Å². The van der Waals surface area contributed by atoms with Crippen molar-refractivity contribution in [2.45, 2.75) is 6.04 Å². The molecule has 2 aliphatic heterocycles. The Balaban J connectivity index is 1.70. The third-order valence-electron chi connectivity index (χ3n) is 6.00. The molecule has 2 heterocycles. The van der Waals surface area contributed by atoms with Gasteiger partial charge in [-0.2, -0.15) is 0 Å². The number of carbonyl (C=O) groups is 2. The lowest BCUT2D eigenvalue weighted by molar-refractivity contribution is -0.140. The quantitative estimate of drug-likeness (QED) is 0.279. The molecular formula is C26H27FN2O5. The van der Waals surface area contributed by atoms with Gasteiger partial charge in [0.1, 0.15) is 23.9 Å². The summed E-state index contributed by atoms with van der Waals surface area (Å²) in [7, 11) is 0. The number of morpholine rings is 1. The molecule has 178 valence electrons. The number of likely N-dealkylation sites (tertiary alicyclic amines) is 1. The monoisotopic (exact) mass is 466 g/mol. The van der Waals surface area contributed by atoms with Crippen LogP contribution in [0.3, 0.4) is 0 Å². The fraction of sp³-hybridized carbons (Fsp3) is 0.308. The summed E-state index contributed by atoms with van der Waals surface area (Å²) < 4.78 is 25.7. The first kappa shape index (κ1) is 23.7. The van der Waals surface area contributed by atoms with Gasteiger partial charge in [0.15, 0.2) is 0 Å². The van der Waals surface area contributed by atoms with Crippen LogP contribution >= 0.6 is 0 Å². The summed E-state index contributed by atoms with van der Waals surface area (Å²) >= 11 is 0. The van der Waals surface area contributed by atoms with E-state index in [1.807, 2.05) is 0 Å². The predicted octanol–water partition coefficient (Wildman–Crippen LogP) is 3.14. The van der Waals surface area contributed by atoms with Gasteiger partial charge in [-0.1, -0.05) is 30.9 Å². The highest BCUT2D eigenvalue weighted by atomic mass is 19.1. The van der Waals surface area contributed by atoms with Gasteiger partial charge in [-0.3, -0.25) is 14.5 Å². The standard InChI is InChI=1S/C26H27FN2O5/c1-2-15-34-19-9-7-18(8-10-19)24(30)22-23(20-5-3-4-6-21(20)27)29(26(32)25(22)31)12-11-28-13-16-33-17-14-28/h2-10,23,30H,1,11-17H2/t23-/m0/s1. The molecular weight excluding hydrogens is 439 g/mol. The lowest BCUT2D eigenvalue weighted by Crippen LogP contribution is -2.42. The van der Waals surface area contributed by atoms with Gasteiger partial charge in [-0.25, -0.2) is 4.39 Å². The van der Waals surface area contributed by atoms with E-state index in [2.05, 4.69) is 11.5 Å². The smallest absolute Gasteiger partial charge is 0.295 e. The number of hydrogen-bond donors (Lipinski definition) is 1. The maximum absolute atomic E-state index is 14.9. The average Bonchev–Trinajstić information content (AvgIpc) is 3.11. The summed E-state index contributed by atoms with van der Waals surface area (Å²) in [4.78, 5) is 29.6. The van der Waals surface area contributed by atoms with Crippen LogP contribution in [0.2, 0.25) is 0 Å². The topological polar surface area (TPSA) is 79.3 Å². The SMILES string of the molecule is C=CCOc1ccc(C(O)=C2C(=O)C(=O)N(CCN3CCOCC3)[C@H]2c2ccccc2F)cc1. The molecule has 0 radical (unpaired) electrons. The largest absolute Gasteiger partial charge is 0.507 e. The van der Waals surface area contributed by atoms with Crippen molar-refractivity contribution in [3.05, 3.63) is 83.7 Å². The number of nitrogens with zero attached hydrogens (tertiary/aromatic N) is 2. The minimum Gasteiger partial charge on any atom is -0.507 e. The van der Waals surface area contributed by atoms with Crippen molar-refractivity contribution in [3.8, 4) is 5.75 Å². The summed E-state index contributed by atoms with van der Waals surface area (Å²) in [6.07, 6.45) is 1.61. The molecule has 2 aromatic carbocycles. The van der Waals surface area contributed by atoms with Crippen molar-refractivity contribution in [1.82, 2.24) is 9.80 Å². The third kappa shape index (κ3) is 4.88. The molecule has 0 unspecified atom stereocenters. The highest BCUT2D eigenvalue weighted by Crippen LogP contribution is 2.40. The average molecular weight is 467 g/mol. The van der Waals surface area contributed by atoms with Crippen LogP contribution < -0.4 is 4.74 Å². The van der Waals surface area contributed by atoms with E-state index in [1.165, 1.54) is 17.0 Å². The van der Waals surface area contributed by atoms with Crippen molar-refractivity contribution >= 4 is 17.4 Å². The lowest BCUT2D eigenvalue weighted by Gasteiger charge is -2.31. The zero-order valence-electron chi connectivity index (χ0n) is 18.8. The van der Waals surface area contributed by atoms with Gasteiger partial charge >= 0.3 is 0 Å². The molecule has 2 fully saturated rings. The van der Waals surface area contributed by atoms with E-state index < -0.39 is 23.5 Å². The molecule has 0 saturated carbocycles. The van der Waals surface area contributed by atoms with Crippen molar-refractivity contribution in [2.24, 2.45) is 0 Å². The van der Waals surface area contributed by atoms with Crippen LogP contribution in [0.1, 0.15) is 17.2 Å². The lowest BCUT2D eigenvalue weighted by atomic mass is 9.95. The molecule has 34 heavy (non-hydrogen) atoms. The van der Waals surface area contributed by atoms with E-state index in [1.54, 1.807) is 42.5 Å². The maximum Gasteiger partial charge on any atom is 0.295 e. The van der Waals surface area contributed by atoms with Crippen molar-refractivity contribution < 1.29 is 28.6 Å². The van der Waals surface area contributed by atoms with Crippen LogP contribution in [0.5, 0.6) is 5.75 Å². The number of hydrogen-bond acceptors (Lipinski definition) is 6. The van der Waals surface area contributed by atoms with E-state index in [9.17, 15) is 19.1 Å². The normalized spacial score (nSPS) is 20.5. The van der Waals surface area contributed by atoms with Gasteiger partial charge in [-0.15, -0.1) is 0 Å². The van der Waals surface area contributed by atoms with Crippen LogP contribution in [0.4, 0.5) is 4.39 Å². The van der Waals surface area contributed by atoms with Crippen LogP contribution in [-0.4, -0.2) is 72.6 Å². The number of benzene rings is 2. The van der Waals surface area contributed by atoms with Gasteiger partial charge in [0.25, 0.3) is 11.7 Å². The molecule has 0 aliphatic carbocycles. The zero-order chi connectivity index (χ0) is 24.1. The molecule has 1 atom stereocenters. The molecule has 2 aromatic rings. The fourth-order valence-electron chi connectivity index (χ4n) is 4.22. The Kier molecular flexibility index (Phi) is 7.40. The minimum atomic E-state index is -1.03. The highest BCUT2D eigenvalue weighted by Gasteiger charge is 2.46. The second kappa shape index (κ2) is 10.6. The summed E-state index contributed by atoms with van der Waals surface area (Å²) in [6.45, 7) is 7.29. The second-order valence-electron chi connectivity index (χ2n) is 8.09. The van der Waals surface area contributed by atoms with E-state index in [0.717, 1.165) is 0 Å². The highest BCUT2D eigenvalue weighted by molar-refractivity contribution is 6.46. The van der Waals surface area contributed by atoms with Gasteiger partial charge in [-0.05, 0) is 30.3 Å². The molecule has 0 bridgehead atoms. The first-order valence-electron chi connectivity index (χ1n) is 11.2. The molecule has 0 spiro atoms. The predicted molar refractivity (Wildman–Crippen MR) is 125 cm³/mol. The van der Waals surface area contributed by atoms with Crippen molar-refractivity contribution in [3.63, 3.8) is 0 Å². The van der Waals surface area contributed by atoms with Gasteiger partial charge in [0.2, 0.25) is 0 Å². The molecule has 1 N–H and O–H groups in total. The van der Waals surface area contributed by atoms with Crippen LogP contribution in [0.25, 0.3) is 5.76 Å². The molecule has 2 aliphatic rings. The molecule has 4 rings (SSSR count). The van der Waals surface area contributed by atoms with E-state index in [0.29, 0.717) is 50.8 Å². The Hall–Kier alpha value is -3.49. The summed E-state index contributed by atoms with van der Waals surface area (Å²) in [5.41, 5.74) is 0.367. The van der Waals surface area contributed by atoms with Crippen LogP contribution in [0.15, 0.2) is 66.8 Å².